The molecule has 5 heteroatoms. The van der Waals surface area contributed by atoms with Gasteiger partial charge in [-0.05, 0) is 0 Å². The fraction of sp³-hybridized carbons (Fsp3) is 0. The van der Waals surface area contributed by atoms with Crippen molar-refractivity contribution in [3.8, 4) is 17.3 Å². The fourth-order valence-corrected chi connectivity index (χ4v) is 4.08. The van der Waals surface area contributed by atoms with Crippen LogP contribution in [0.3, 0.4) is 0 Å². The van der Waals surface area contributed by atoms with Crippen molar-refractivity contribution in [1.82, 2.24) is 4.98 Å². The molecule has 23 heavy (non-hydrogen) atoms. The molecule has 2 aromatic carbocycles. The van der Waals surface area contributed by atoms with Crippen LogP contribution in [0.2, 0.25) is 5.02 Å². The number of halogens is 2. The summed E-state index contributed by atoms with van der Waals surface area (Å²) in [5.41, 5.74) is 3.55. The molecule has 1 aromatic heterocycles. The van der Waals surface area contributed by atoms with Gasteiger partial charge in [-0.15, -0.1) is 0 Å². The molecule has 0 unspecified atom stereocenters. The van der Waals surface area contributed by atoms with Gasteiger partial charge in [-0.3, -0.25) is 0 Å². The van der Waals surface area contributed by atoms with E-state index in [-0.39, 0.29) is 14.5 Å². The minimum absolute atomic E-state index is 0.0659. The zero-order valence-corrected chi connectivity index (χ0v) is 15.9. The predicted molar refractivity (Wildman–Crippen MR) is 99.2 cm³/mol. The van der Waals surface area contributed by atoms with E-state index in [4.69, 9.17) is 11.6 Å². The molecule has 2 nitrogen and oxygen atoms in total. The second-order valence-electron chi connectivity index (χ2n) is 4.77. The number of hydrogen-bond donors (Lipinski definition) is 0. The summed E-state index contributed by atoms with van der Waals surface area (Å²) in [5.74, 6) is 0. The van der Waals surface area contributed by atoms with Crippen LogP contribution in [0.1, 0.15) is 10.1 Å². The van der Waals surface area contributed by atoms with E-state index in [1.165, 1.54) is 0 Å². The zero-order chi connectivity index (χ0) is 16.2. The van der Waals surface area contributed by atoms with Crippen molar-refractivity contribution >= 4 is 53.7 Å². The summed E-state index contributed by atoms with van der Waals surface area (Å²) < 4.78 is 1.89. The summed E-state index contributed by atoms with van der Waals surface area (Å²) in [7, 11) is 0. The van der Waals surface area contributed by atoms with Crippen LogP contribution in [0, 0.1) is 11.3 Å². The summed E-state index contributed by atoms with van der Waals surface area (Å²) in [5, 5.41) is 10.1. The first-order valence-electron chi connectivity index (χ1n) is 6.75. The van der Waals surface area contributed by atoms with E-state index in [0.29, 0.717) is 10.6 Å². The zero-order valence-electron chi connectivity index (χ0n) is 11.8. The third-order valence-electron chi connectivity index (χ3n) is 3.18. The average molecular weight is 449 g/mol. The molecule has 0 N–H and O–H groups in total. The van der Waals surface area contributed by atoms with Gasteiger partial charge in [0.1, 0.15) is 0 Å². The van der Waals surface area contributed by atoms with Gasteiger partial charge < -0.3 is 0 Å². The predicted octanol–water partition coefficient (Wildman–Crippen LogP) is 5.29. The molecule has 0 amide bonds. The van der Waals surface area contributed by atoms with Crippen molar-refractivity contribution in [1.29, 1.82) is 5.26 Å². The Morgan fingerprint density at radius 1 is 1.13 bits per heavy atom. The number of benzene rings is 2. The van der Waals surface area contributed by atoms with Gasteiger partial charge in [-0.2, -0.15) is 0 Å². The molecular weight excluding hydrogens is 439 g/mol. The summed E-state index contributed by atoms with van der Waals surface area (Å²) in [6.45, 7) is 0. The Balaban J connectivity index is 1.92. The molecule has 0 saturated carbocycles. The molecule has 0 radical (unpaired) electrons. The Hall–Kier alpha value is -1.63. The minimum atomic E-state index is 0.0659. The van der Waals surface area contributed by atoms with Crippen LogP contribution < -0.4 is 0 Å². The Labute approximate surface area is 153 Å². The number of allylic oxidation sites excluding steroid dienone is 1. The molecule has 0 fully saturated rings. The van der Waals surface area contributed by atoms with Gasteiger partial charge in [0.15, 0.2) is 0 Å². The van der Waals surface area contributed by atoms with Crippen molar-refractivity contribution in [3.05, 3.63) is 73.1 Å². The van der Waals surface area contributed by atoms with E-state index in [9.17, 15) is 5.26 Å². The molecule has 0 aliphatic rings. The van der Waals surface area contributed by atoms with E-state index in [0.717, 1.165) is 25.9 Å². The number of nitrogens with zero attached hydrogens (tertiary/aromatic N) is 2. The second-order valence-corrected chi connectivity index (χ2v) is 7.92. The number of aromatic nitrogens is 1. The van der Waals surface area contributed by atoms with Gasteiger partial charge in [0.05, 0.1) is 0 Å². The fourth-order valence-electron chi connectivity index (χ4n) is 2.02. The molecule has 3 rings (SSSR count). The van der Waals surface area contributed by atoms with Gasteiger partial charge in [0.2, 0.25) is 0 Å². The number of hydrogen-bond acceptors (Lipinski definition) is 2. The molecule has 0 atom stereocenters. The number of rotatable bonds is 3. The van der Waals surface area contributed by atoms with Gasteiger partial charge in [0, 0.05) is 0 Å². The summed E-state index contributed by atoms with van der Waals surface area (Å²) in [6, 6.07) is 17.7. The first-order valence-corrected chi connectivity index (χ1v) is 9.76. The van der Waals surface area contributed by atoms with E-state index in [1.54, 1.807) is 0 Å². The van der Waals surface area contributed by atoms with Gasteiger partial charge in [0.25, 0.3) is 0 Å². The van der Waals surface area contributed by atoms with E-state index in [1.807, 2.05) is 54.6 Å². The van der Waals surface area contributed by atoms with E-state index < -0.39 is 0 Å². The Bertz CT molecular complexity index is 890. The first-order chi connectivity index (χ1) is 11.2. The topological polar surface area (TPSA) is 36.7 Å². The second kappa shape index (κ2) is 7.29. The molecule has 0 aliphatic carbocycles. The van der Waals surface area contributed by atoms with E-state index in [2.05, 4.69) is 31.9 Å². The SMILES string of the molecule is N#C/C(=C\c1ccc(Cl)cc1)c1nc(-c2ccc(Br)cc2)c[se]1. The van der Waals surface area contributed by atoms with Gasteiger partial charge in [-0.1, -0.05) is 0 Å². The molecular formula is C18H10BrClN2Se. The summed E-state index contributed by atoms with van der Waals surface area (Å²) >= 11 is 9.38. The molecule has 0 saturated heterocycles. The molecule has 0 aliphatic heterocycles. The maximum absolute atomic E-state index is 9.45. The first kappa shape index (κ1) is 16.2. The van der Waals surface area contributed by atoms with E-state index >= 15 is 0 Å². The molecule has 0 spiro atoms. The Morgan fingerprint density at radius 2 is 1.83 bits per heavy atom. The molecule has 0 bridgehead atoms. The normalized spacial score (nSPS) is 11.3. The summed E-state index contributed by atoms with van der Waals surface area (Å²) in [4.78, 5) is 6.76. The quantitative estimate of drug-likeness (QED) is 0.403. The van der Waals surface area contributed by atoms with Crippen molar-refractivity contribution in [3.63, 3.8) is 0 Å². The Kier molecular flexibility index (Phi) is 5.15. The standard InChI is InChI=1S/C18H10BrClN2Se/c19-15-5-3-13(4-6-15)17-11-23-18(22-17)14(10-21)9-12-1-7-16(20)8-2-12/h1-9,11H/b14-9+. The van der Waals surface area contributed by atoms with Crippen LogP contribution in [0.15, 0.2) is 57.9 Å². The third-order valence-corrected chi connectivity index (χ3v) is 5.79. The average Bonchev–Trinajstić information content (AvgIpc) is 3.05. The molecule has 1 heterocycles. The maximum atomic E-state index is 9.45. The molecule has 3 aromatic rings. The third kappa shape index (κ3) is 4.02. The van der Waals surface area contributed by atoms with Crippen LogP contribution in [-0.2, 0) is 0 Å². The Morgan fingerprint density at radius 3 is 2.48 bits per heavy atom. The van der Waals surface area contributed by atoms with Crippen molar-refractivity contribution in [2.75, 3.05) is 0 Å². The molecule has 112 valence electrons. The van der Waals surface area contributed by atoms with Crippen LogP contribution >= 0.6 is 27.5 Å². The summed E-state index contributed by atoms with van der Waals surface area (Å²) in [6.07, 6.45) is 1.86. The van der Waals surface area contributed by atoms with Crippen molar-refractivity contribution in [2.45, 2.75) is 0 Å². The van der Waals surface area contributed by atoms with Crippen LogP contribution in [0.5, 0.6) is 0 Å². The van der Waals surface area contributed by atoms with Crippen molar-refractivity contribution in [2.24, 2.45) is 0 Å². The van der Waals surface area contributed by atoms with Crippen LogP contribution in [-0.4, -0.2) is 19.5 Å². The van der Waals surface area contributed by atoms with Crippen LogP contribution in [0.4, 0.5) is 0 Å². The van der Waals surface area contributed by atoms with Gasteiger partial charge >= 0.3 is 154 Å². The van der Waals surface area contributed by atoms with Crippen LogP contribution in [0.25, 0.3) is 22.9 Å². The monoisotopic (exact) mass is 448 g/mol. The van der Waals surface area contributed by atoms with Crippen molar-refractivity contribution < 1.29 is 0 Å². The van der Waals surface area contributed by atoms with Gasteiger partial charge in [-0.25, -0.2) is 0 Å². The number of nitriles is 1.